The second-order valence-electron chi connectivity index (χ2n) is 10.8. The minimum absolute atomic E-state index is 0.00370. The lowest BCUT2D eigenvalue weighted by molar-refractivity contribution is -0.150. The van der Waals surface area contributed by atoms with Crippen LogP contribution in [0.2, 0.25) is 0 Å². The third-order valence-electron chi connectivity index (χ3n) is 9.64. The Labute approximate surface area is 175 Å². The average molecular weight is 403 g/mol. The number of methoxy groups -OCH3 is 1. The van der Waals surface area contributed by atoms with Crippen LogP contribution in [-0.2, 0) is 19.1 Å². The van der Waals surface area contributed by atoms with Crippen LogP contribution in [0.15, 0.2) is 11.6 Å². The maximum atomic E-state index is 12.3. The van der Waals surface area contributed by atoms with Gasteiger partial charge in [0, 0.05) is 13.3 Å². The number of esters is 2. The first-order valence-electron chi connectivity index (χ1n) is 11.6. The SMILES string of the molecule is COC(=O)C(C)C1CCC2C3CC=C4CC(OC(C)=O)CC[C@]4(C)C3CC[C@]12C. The van der Waals surface area contributed by atoms with E-state index < -0.39 is 0 Å². The maximum absolute atomic E-state index is 12.3. The number of allylic oxidation sites excluding steroid dienone is 1. The fourth-order valence-electron chi connectivity index (χ4n) is 8.17. The van der Waals surface area contributed by atoms with Gasteiger partial charge in [0.2, 0.25) is 0 Å². The van der Waals surface area contributed by atoms with E-state index in [4.69, 9.17) is 9.47 Å². The molecule has 0 aromatic heterocycles. The molecule has 162 valence electrons. The smallest absolute Gasteiger partial charge is 0.308 e. The summed E-state index contributed by atoms with van der Waals surface area (Å²) in [6.45, 7) is 8.54. The topological polar surface area (TPSA) is 52.6 Å². The molecule has 29 heavy (non-hydrogen) atoms. The molecule has 0 aromatic rings. The molecule has 6 unspecified atom stereocenters. The maximum Gasteiger partial charge on any atom is 0.308 e. The van der Waals surface area contributed by atoms with E-state index in [1.807, 2.05) is 0 Å². The minimum atomic E-state index is -0.155. The van der Waals surface area contributed by atoms with Gasteiger partial charge in [-0.15, -0.1) is 0 Å². The molecule has 8 atom stereocenters. The van der Waals surface area contributed by atoms with Crippen molar-refractivity contribution in [3.8, 4) is 0 Å². The van der Waals surface area contributed by atoms with E-state index in [0.717, 1.165) is 43.9 Å². The van der Waals surface area contributed by atoms with Crippen molar-refractivity contribution in [3.05, 3.63) is 11.6 Å². The predicted molar refractivity (Wildman–Crippen MR) is 112 cm³/mol. The molecule has 3 fully saturated rings. The Balaban J connectivity index is 1.56. The Hall–Kier alpha value is -1.32. The average Bonchev–Trinajstić information content (AvgIpc) is 3.03. The molecule has 0 aromatic carbocycles. The van der Waals surface area contributed by atoms with Crippen molar-refractivity contribution in [3.63, 3.8) is 0 Å². The minimum Gasteiger partial charge on any atom is -0.469 e. The molecule has 4 rings (SSSR count). The van der Waals surface area contributed by atoms with Crippen molar-refractivity contribution in [2.24, 2.45) is 40.4 Å². The van der Waals surface area contributed by atoms with Crippen LogP contribution < -0.4 is 0 Å². The summed E-state index contributed by atoms with van der Waals surface area (Å²) < 4.78 is 10.7. The van der Waals surface area contributed by atoms with Gasteiger partial charge in [0.1, 0.15) is 6.10 Å². The van der Waals surface area contributed by atoms with Crippen LogP contribution in [-0.4, -0.2) is 25.2 Å². The molecule has 4 nitrogen and oxygen atoms in total. The summed E-state index contributed by atoms with van der Waals surface area (Å²) in [7, 11) is 1.52. The summed E-state index contributed by atoms with van der Waals surface area (Å²) in [5.74, 6) is 2.40. The second-order valence-corrected chi connectivity index (χ2v) is 10.8. The zero-order chi connectivity index (χ0) is 21.0. The molecule has 4 heteroatoms. The molecule has 0 N–H and O–H groups in total. The third kappa shape index (κ3) is 3.25. The van der Waals surface area contributed by atoms with E-state index in [0.29, 0.717) is 11.8 Å². The molecule has 4 aliphatic carbocycles. The molecule has 0 radical (unpaired) electrons. The number of carbonyl (C=O) groups excluding carboxylic acids is 2. The van der Waals surface area contributed by atoms with Crippen molar-refractivity contribution < 1.29 is 19.1 Å². The highest BCUT2D eigenvalue weighted by Crippen LogP contribution is 2.67. The van der Waals surface area contributed by atoms with E-state index in [9.17, 15) is 9.59 Å². The van der Waals surface area contributed by atoms with Crippen molar-refractivity contribution in [2.75, 3.05) is 7.11 Å². The number of hydrogen-bond donors (Lipinski definition) is 0. The zero-order valence-electron chi connectivity index (χ0n) is 18.8. The zero-order valence-corrected chi connectivity index (χ0v) is 18.8. The fraction of sp³-hybridized carbons (Fsp3) is 0.840. The van der Waals surface area contributed by atoms with E-state index in [2.05, 4.69) is 26.8 Å². The van der Waals surface area contributed by atoms with Crippen LogP contribution in [0.5, 0.6) is 0 Å². The van der Waals surface area contributed by atoms with Crippen LogP contribution in [0, 0.1) is 40.4 Å². The molecular weight excluding hydrogens is 364 g/mol. The van der Waals surface area contributed by atoms with Gasteiger partial charge in [-0.2, -0.15) is 0 Å². The fourth-order valence-corrected chi connectivity index (χ4v) is 8.17. The second kappa shape index (κ2) is 7.42. The number of carbonyl (C=O) groups is 2. The van der Waals surface area contributed by atoms with Gasteiger partial charge >= 0.3 is 11.9 Å². The first-order chi connectivity index (χ1) is 13.7. The number of ether oxygens (including phenoxy) is 2. The van der Waals surface area contributed by atoms with Gasteiger partial charge in [-0.05, 0) is 79.4 Å². The lowest BCUT2D eigenvalue weighted by Gasteiger charge is -2.58. The highest BCUT2D eigenvalue weighted by molar-refractivity contribution is 5.72. The van der Waals surface area contributed by atoms with Gasteiger partial charge < -0.3 is 9.47 Å². The Morgan fingerprint density at radius 1 is 1.10 bits per heavy atom. The first kappa shape index (κ1) is 20.9. The summed E-state index contributed by atoms with van der Waals surface area (Å²) in [4.78, 5) is 23.7. The monoisotopic (exact) mass is 402 g/mol. The van der Waals surface area contributed by atoms with Crippen LogP contribution >= 0.6 is 0 Å². The molecule has 4 aliphatic rings. The number of rotatable bonds is 3. The van der Waals surface area contributed by atoms with Gasteiger partial charge in [0.15, 0.2) is 0 Å². The largest absolute Gasteiger partial charge is 0.469 e. The standard InChI is InChI=1S/C25H38O4/c1-15(23(27)28-5)20-8-9-21-19-7-6-17-14-18(29-16(2)26)10-12-24(17,3)22(19)11-13-25(20,21)4/h6,15,18-22H,7-14H2,1-5H3/t15?,18?,19?,20?,21?,22?,24-,25+/m0/s1. The Bertz CT molecular complexity index is 712. The molecule has 0 aliphatic heterocycles. The summed E-state index contributed by atoms with van der Waals surface area (Å²) in [6, 6.07) is 0. The van der Waals surface area contributed by atoms with Crippen LogP contribution in [0.1, 0.15) is 79.1 Å². The number of hydrogen-bond acceptors (Lipinski definition) is 4. The lowest BCUT2D eigenvalue weighted by Crippen LogP contribution is -2.51. The van der Waals surface area contributed by atoms with Gasteiger partial charge in [0.25, 0.3) is 0 Å². The predicted octanol–water partition coefficient (Wildman–Crippen LogP) is 5.31. The van der Waals surface area contributed by atoms with Crippen molar-refractivity contribution in [1.82, 2.24) is 0 Å². The van der Waals surface area contributed by atoms with Crippen molar-refractivity contribution in [2.45, 2.75) is 85.2 Å². The van der Waals surface area contributed by atoms with Crippen LogP contribution in [0.25, 0.3) is 0 Å². The Morgan fingerprint density at radius 2 is 1.86 bits per heavy atom. The normalized spacial score (nSPS) is 44.6. The van der Waals surface area contributed by atoms with E-state index in [1.165, 1.54) is 38.9 Å². The van der Waals surface area contributed by atoms with E-state index in [-0.39, 0.29) is 34.8 Å². The van der Waals surface area contributed by atoms with Crippen molar-refractivity contribution >= 4 is 11.9 Å². The molecule has 0 heterocycles. The summed E-state index contributed by atoms with van der Waals surface area (Å²) in [5, 5.41) is 0. The first-order valence-corrected chi connectivity index (χ1v) is 11.6. The summed E-state index contributed by atoms with van der Waals surface area (Å²) in [5.41, 5.74) is 2.05. The molecular formula is C25H38O4. The van der Waals surface area contributed by atoms with Gasteiger partial charge in [-0.1, -0.05) is 32.4 Å². The summed E-state index contributed by atoms with van der Waals surface area (Å²) in [6.07, 6.45) is 11.6. The molecule has 0 bridgehead atoms. The van der Waals surface area contributed by atoms with Crippen LogP contribution in [0.4, 0.5) is 0 Å². The Kier molecular flexibility index (Phi) is 5.36. The highest BCUT2D eigenvalue weighted by Gasteiger charge is 2.59. The van der Waals surface area contributed by atoms with Crippen molar-refractivity contribution in [1.29, 1.82) is 0 Å². The number of fused-ring (bicyclic) bond motifs is 5. The summed E-state index contributed by atoms with van der Waals surface area (Å²) >= 11 is 0. The molecule has 0 saturated heterocycles. The molecule has 0 amide bonds. The van der Waals surface area contributed by atoms with E-state index >= 15 is 0 Å². The lowest BCUT2D eigenvalue weighted by atomic mass is 9.47. The molecule has 0 spiro atoms. The Morgan fingerprint density at radius 3 is 2.55 bits per heavy atom. The third-order valence-corrected chi connectivity index (χ3v) is 9.64. The van der Waals surface area contributed by atoms with Gasteiger partial charge in [0.05, 0.1) is 13.0 Å². The van der Waals surface area contributed by atoms with Gasteiger partial charge in [-0.25, -0.2) is 0 Å². The molecule has 3 saturated carbocycles. The highest BCUT2D eigenvalue weighted by atomic mass is 16.5. The van der Waals surface area contributed by atoms with E-state index in [1.54, 1.807) is 0 Å². The quantitative estimate of drug-likeness (QED) is 0.474. The van der Waals surface area contributed by atoms with Crippen LogP contribution in [0.3, 0.4) is 0 Å². The van der Waals surface area contributed by atoms with Gasteiger partial charge in [-0.3, -0.25) is 9.59 Å².